The van der Waals surface area contributed by atoms with Gasteiger partial charge in [-0.25, -0.2) is 0 Å². The van der Waals surface area contributed by atoms with Crippen LogP contribution in [0.15, 0.2) is 18.2 Å². The fourth-order valence-electron chi connectivity index (χ4n) is 2.70. The molecule has 0 atom stereocenters. The lowest BCUT2D eigenvalue weighted by molar-refractivity contribution is -0.117. The van der Waals surface area contributed by atoms with E-state index < -0.39 is 0 Å². The van der Waals surface area contributed by atoms with Gasteiger partial charge in [-0.05, 0) is 30.9 Å². The van der Waals surface area contributed by atoms with Crippen LogP contribution in [0.5, 0.6) is 5.75 Å². The second-order valence-electron chi connectivity index (χ2n) is 5.38. The first-order chi connectivity index (χ1) is 9.15. The Morgan fingerprint density at radius 3 is 2.58 bits per heavy atom. The van der Waals surface area contributed by atoms with Gasteiger partial charge >= 0.3 is 0 Å². The zero-order valence-corrected chi connectivity index (χ0v) is 11.2. The maximum absolute atomic E-state index is 12.0. The SMILES string of the molecule is Nc1cc(O)ccc1NC(=O)CC1CCCCCC1. The molecule has 0 heterocycles. The van der Waals surface area contributed by atoms with Crippen LogP contribution in [0.25, 0.3) is 0 Å². The minimum absolute atomic E-state index is 0.0179. The highest BCUT2D eigenvalue weighted by Gasteiger charge is 2.16. The normalized spacial score (nSPS) is 16.8. The molecule has 1 aliphatic carbocycles. The van der Waals surface area contributed by atoms with Crippen LogP contribution in [-0.2, 0) is 4.79 Å². The van der Waals surface area contributed by atoms with Crippen molar-refractivity contribution in [2.45, 2.75) is 44.9 Å². The van der Waals surface area contributed by atoms with Gasteiger partial charge in [-0.2, -0.15) is 0 Å². The number of nitrogens with two attached hydrogens (primary N) is 1. The number of amides is 1. The van der Waals surface area contributed by atoms with Crippen LogP contribution in [0.3, 0.4) is 0 Å². The van der Waals surface area contributed by atoms with E-state index in [0.29, 0.717) is 23.7 Å². The number of nitrogen functional groups attached to an aromatic ring is 1. The minimum Gasteiger partial charge on any atom is -0.508 e. The summed E-state index contributed by atoms with van der Waals surface area (Å²) in [7, 11) is 0. The fraction of sp³-hybridized carbons (Fsp3) is 0.533. The summed E-state index contributed by atoms with van der Waals surface area (Å²) in [5.41, 5.74) is 6.73. The van der Waals surface area contributed by atoms with Crippen LogP contribution < -0.4 is 11.1 Å². The molecular formula is C15H22N2O2. The maximum atomic E-state index is 12.0. The van der Waals surface area contributed by atoms with E-state index in [1.165, 1.54) is 37.8 Å². The highest BCUT2D eigenvalue weighted by molar-refractivity contribution is 5.94. The van der Waals surface area contributed by atoms with Crippen molar-refractivity contribution < 1.29 is 9.90 Å². The van der Waals surface area contributed by atoms with Gasteiger partial charge in [0.25, 0.3) is 0 Å². The number of anilines is 2. The van der Waals surface area contributed by atoms with Crippen molar-refractivity contribution in [3.8, 4) is 5.75 Å². The van der Waals surface area contributed by atoms with Crippen LogP contribution in [0.4, 0.5) is 11.4 Å². The number of phenols is 1. The third-order valence-corrected chi connectivity index (χ3v) is 3.76. The van der Waals surface area contributed by atoms with E-state index in [1.807, 2.05) is 0 Å². The van der Waals surface area contributed by atoms with Crippen molar-refractivity contribution in [3.05, 3.63) is 18.2 Å². The first-order valence-electron chi connectivity index (χ1n) is 7.03. The Balaban J connectivity index is 1.89. The molecule has 1 aromatic rings. The summed E-state index contributed by atoms with van der Waals surface area (Å²) in [4.78, 5) is 12.0. The lowest BCUT2D eigenvalue weighted by Crippen LogP contribution is -2.17. The standard InChI is InChI=1S/C15H22N2O2/c16-13-10-12(18)7-8-14(13)17-15(19)9-11-5-3-1-2-4-6-11/h7-8,10-11,18H,1-6,9,16H2,(H,17,19). The van der Waals surface area contributed by atoms with Crippen molar-refractivity contribution in [2.24, 2.45) is 5.92 Å². The van der Waals surface area contributed by atoms with Crippen LogP contribution >= 0.6 is 0 Å². The summed E-state index contributed by atoms with van der Waals surface area (Å²) in [6, 6.07) is 4.61. The lowest BCUT2D eigenvalue weighted by atomic mass is 9.96. The van der Waals surface area contributed by atoms with Gasteiger partial charge in [0.2, 0.25) is 5.91 Å². The Bertz CT molecular complexity index is 438. The Hall–Kier alpha value is -1.71. The van der Waals surface area contributed by atoms with Gasteiger partial charge in [0.05, 0.1) is 11.4 Å². The molecule has 0 aliphatic heterocycles. The van der Waals surface area contributed by atoms with E-state index in [9.17, 15) is 9.90 Å². The van der Waals surface area contributed by atoms with Gasteiger partial charge in [0.15, 0.2) is 0 Å². The number of nitrogens with one attached hydrogen (secondary N) is 1. The molecule has 1 saturated carbocycles. The van der Waals surface area contributed by atoms with Crippen molar-refractivity contribution in [2.75, 3.05) is 11.1 Å². The quantitative estimate of drug-likeness (QED) is 0.444. The number of hydrogen-bond donors (Lipinski definition) is 3. The summed E-state index contributed by atoms with van der Waals surface area (Å²) >= 11 is 0. The zero-order valence-electron chi connectivity index (χ0n) is 11.2. The van der Waals surface area contributed by atoms with Gasteiger partial charge in [0, 0.05) is 12.5 Å². The molecule has 0 bridgehead atoms. The minimum atomic E-state index is 0.0179. The first-order valence-corrected chi connectivity index (χ1v) is 7.03. The van der Waals surface area contributed by atoms with Gasteiger partial charge < -0.3 is 16.2 Å². The summed E-state index contributed by atoms with van der Waals surface area (Å²) in [5.74, 6) is 0.629. The maximum Gasteiger partial charge on any atom is 0.224 e. The molecule has 1 amide bonds. The summed E-state index contributed by atoms with van der Waals surface area (Å²) in [5, 5.41) is 12.1. The molecule has 2 rings (SSSR count). The molecule has 1 aliphatic rings. The number of hydrogen-bond acceptors (Lipinski definition) is 3. The molecule has 0 unspecified atom stereocenters. The third kappa shape index (κ3) is 4.16. The molecule has 4 heteroatoms. The molecule has 19 heavy (non-hydrogen) atoms. The van der Waals surface area contributed by atoms with Gasteiger partial charge in [-0.15, -0.1) is 0 Å². The predicted molar refractivity (Wildman–Crippen MR) is 77.0 cm³/mol. The smallest absolute Gasteiger partial charge is 0.224 e. The Labute approximate surface area is 114 Å². The van der Waals surface area contributed by atoms with Crippen molar-refractivity contribution >= 4 is 17.3 Å². The number of benzene rings is 1. The molecule has 4 nitrogen and oxygen atoms in total. The molecule has 0 aromatic heterocycles. The predicted octanol–water partition coefficient (Wildman–Crippen LogP) is 3.27. The third-order valence-electron chi connectivity index (χ3n) is 3.76. The summed E-state index contributed by atoms with van der Waals surface area (Å²) in [6.45, 7) is 0. The molecular weight excluding hydrogens is 240 g/mol. The number of carbonyl (C=O) groups excluding carboxylic acids is 1. The highest BCUT2D eigenvalue weighted by Crippen LogP contribution is 2.27. The monoisotopic (exact) mass is 262 g/mol. The van der Waals surface area contributed by atoms with Crippen LogP contribution in [-0.4, -0.2) is 11.0 Å². The molecule has 104 valence electrons. The Morgan fingerprint density at radius 2 is 1.95 bits per heavy atom. The summed E-state index contributed by atoms with van der Waals surface area (Å²) in [6.07, 6.45) is 7.93. The zero-order chi connectivity index (χ0) is 13.7. The second-order valence-corrected chi connectivity index (χ2v) is 5.38. The van der Waals surface area contributed by atoms with Gasteiger partial charge in [-0.1, -0.05) is 25.7 Å². The van der Waals surface area contributed by atoms with Crippen LogP contribution in [0.1, 0.15) is 44.9 Å². The van der Waals surface area contributed by atoms with Crippen molar-refractivity contribution in [3.63, 3.8) is 0 Å². The fourth-order valence-corrected chi connectivity index (χ4v) is 2.70. The van der Waals surface area contributed by atoms with Gasteiger partial charge in [0.1, 0.15) is 5.75 Å². The topological polar surface area (TPSA) is 75.3 Å². The second kappa shape index (κ2) is 6.45. The average molecular weight is 262 g/mol. The lowest BCUT2D eigenvalue weighted by Gasteiger charge is -2.14. The molecule has 0 saturated heterocycles. The largest absolute Gasteiger partial charge is 0.508 e. The average Bonchev–Trinajstić information content (AvgIpc) is 2.61. The number of aromatic hydroxyl groups is 1. The number of phenolic OH excluding ortho intramolecular Hbond substituents is 1. The van der Waals surface area contributed by atoms with E-state index in [2.05, 4.69) is 5.32 Å². The van der Waals surface area contributed by atoms with E-state index in [-0.39, 0.29) is 11.7 Å². The van der Waals surface area contributed by atoms with Gasteiger partial charge in [-0.3, -0.25) is 4.79 Å². The molecule has 0 radical (unpaired) electrons. The van der Waals surface area contributed by atoms with Crippen molar-refractivity contribution in [1.29, 1.82) is 0 Å². The summed E-state index contributed by atoms with van der Waals surface area (Å²) < 4.78 is 0. The van der Waals surface area contributed by atoms with E-state index in [4.69, 9.17) is 5.73 Å². The van der Waals surface area contributed by atoms with E-state index in [0.717, 1.165) is 12.8 Å². The van der Waals surface area contributed by atoms with Crippen LogP contribution in [0, 0.1) is 5.92 Å². The molecule has 1 aromatic carbocycles. The van der Waals surface area contributed by atoms with E-state index >= 15 is 0 Å². The highest BCUT2D eigenvalue weighted by atomic mass is 16.3. The Morgan fingerprint density at radius 1 is 1.26 bits per heavy atom. The molecule has 4 N–H and O–H groups in total. The Kier molecular flexibility index (Phi) is 4.66. The number of rotatable bonds is 3. The first kappa shape index (κ1) is 13.7. The molecule has 1 fully saturated rings. The number of carbonyl (C=O) groups is 1. The van der Waals surface area contributed by atoms with Crippen molar-refractivity contribution in [1.82, 2.24) is 0 Å². The van der Waals surface area contributed by atoms with E-state index in [1.54, 1.807) is 6.07 Å². The van der Waals surface area contributed by atoms with Crippen LogP contribution in [0.2, 0.25) is 0 Å². The molecule has 0 spiro atoms.